The van der Waals surface area contributed by atoms with Crippen molar-refractivity contribution in [3.63, 3.8) is 0 Å². The van der Waals surface area contributed by atoms with Gasteiger partial charge in [-0.05, 0) is 35.9 Å². The van der Waals surface area contributed by atoms with Gasteiger partial charge < -0.3 is 14.3 Å². The maximum atomic E-state index is 13.8. The second-order valence-corrected chi connectivity index (χ2v) is 11.7. The van der Waals surface area contributed by atoms with Gasteiger partial charge in [-0.3, -0.25) is 9.59 Å². The molecule has 0 saturated carbocycles. The van der Waals surface area contributed by atoms with Gasteiger partial charge in [0.05, 0.1) is 33.9 Å². The number of ether oxygens (including phenoxy) is 1. The number of amides is 1. The molecule has 0 bridgehead atoms. The third-order valence-electron chi connectivity index (χ3n) is 6.09. The molecule has 0 atom stereocenters. The molecule has 18 heteroatoms. The lowest BCUT2D eigenvalue weighted by molar-refractivity contribution is -0.274. The smallest absolute Gasteiger partial charge is 0.406 e. The number of hydrogen-bond donors (Lipinski definition) is 2. The third kappa shape index (κ3) is 6.00. The molecule has 0 aliphatic carbocycles. The molecule has 0 aliphatic rings. The van der Waals surface area contributed by atoms with E-state index in [2.05, 4.69) is 9.72 Å². The Hall–Kier alpha value is -4.58. The second kappa shape index (κ2) is 10.3. The van der Waals surface area contributed by atoms with Crippen LogP contribution in [0.3, 0.4) is 0 Å². The molecule has 226 valence electrons. The number of sulfonamides is 1. The fourth-order valence-electron chi connectivity index (χ4n) is 4.52. The van der Waals surface area contributed by atoms with Crippen molar-refractivity contribution in [2.75, 3.05) is 6.26 Å². The zero-order chi connectivity index (χ0) is 31.5. The second-order valence-electron chi connectivity index (χ2n) is 9.18. The minimum Gasteiger partial charge on any atom is -0.406 e. The van der Waals surface area contributed by atoms with Crippen molar-refractivity contribution in [2.45, 2.75) is 19.1 Å². The highest BCUT2D eigenvalue weighted by Gasteiger charge is 2.34. The summed E-state index contributed by atoms with van der Waals surface area (Å²) in [6, 6.07) is 6.58. The minimum absolute atomic E-state index is 0.0352. The van der Waals surface area contributed by atoms with Crippen LogP contribution in [0.4, 0.5) is 26.3 Å². The van der Waals surface area contributed by atoms with Crippen LogP contribution in [0.25, 0.3) is 27.5 Å². The quantitative estimate of drug-likeness (QED) is 0.264. The van der Waals surface area contributed by atoms with E-state index in [1.54, 1.807) is 4.72 Å². The van der Waals surface area contributed by atoms with Crippen molar-refractivity contribution in [3.05, 3.63) is 90.9 Å². The molecule has 0 radical (unpaired) electrons. The average molecular weight is 647 g/mol. The van der Waals surface area contributed by atoms with E-state index in [4.69, 9.17) is 0 Å². The summed E-state index contributed by atoms with van der Waals surface area (Å²) in [6.07, 6.45) is -9.35. The SMILES string of the molecule is CS(=O)(=O)NC(=O)c1c(-n2c(=O)[nH]c3cscc3c2=O)c2cc(C(F)(F)F)ccc2n1Cc1cccc(OC(F)(F)F)c1. The van der Waals surface area contributed by atoms with Gasteiger partial charge in [0.25, 0.3) is 11.5 Å². The van der Waals surface area contributed by atoms with E-state index >= 15 is 0 Å². The van der Waals surface area contributed by atoms with Gasteiger partial charge in [0, 0.05) is 22.7 Å². The van der Waals surface area contributed by atoms with Crippen molar-refractivity contribution < 1.29 is 44.3 Å². The molecule has 5 aromatic rings. The lowest BCUT2D eigenvalue weighted by Crippen LogP contribution is -2.37. The number of H-pyrrole nitrogens is 1. The number of halogens is 6. The van der Waals surface area contributed by atoms with E-state index in [9.17, 15) is 49.1 Å². The first-order valence-electron chi connectivity index (χ1n) is 11.7. The first kappa shape index (κ1) is 29.9. The van der Waals surface area contributed by atoms with Gasteiger partial charge in [-0.1, -0.05) is 12.1 Å². The van der Waals surface area contributed by atoms with E-state index in [-0.39, 0.29) is 22.0 Å². The summed E-state index contributed by atoms with van der Waals surface area (Å²) in [5.41, 5.74) is -4.84. The molecule has 1 amide bonds. The van der Waals surface area contributed by atoms with E-state index < -0.39 is 74.3 Å². The Morgan fingerprint density at radius 3 is 2.40 bits per heavy atom. The molecule has 2 aromatic carbocycles. The first-order valence-corrected chi connectivity index (χ1v) is 14.6. The number of alkyl halides is 6. The average Bonchev–Trinajstić information content (AvgIpc) is 3.44. The van der Waals surface area contributed by atoms with Gasteiger partial charge in [0.1, 0.15) is 11.4 Å². The van der Waals surface area contributed by atoms with Crippen molar-refractivity contribution in [1.29, 1.82) is 0 Å². The fraction of sp³-hybridized carbons (Fsp3) is 0.160. The molecule has 0 saturated heterocycles. The lowest BCUT2D eigenvalue weighted by Gasteiger charge is -2.14. The zero-order valence-corrected chi connectivity index (χ0v) is 23.0. The standard InChI is InChI=1S/C25H16F6N4O6S2/c1-43(39,40)33-21(36)20-19(35-22(37)16-10-42-11-17(16)32-23(35)38)15-8-13(24(26,27)28)5-6-18(15)34(20)9-12-3-2-4-14(7-12)41-25(29,30)31/h2-8,10-11H,9H2,1H3,(H,32,38)(H,33,36). The topological polar surface area (TPSA) is 132 Å². The van der Waals surface area contributed by atoms with Crippen LogP contribution in [0.5, 0.6) is 5.75 Å². The summed E-state index contributed by atoms with van der Waals surface area (Å²) in [5.74, 6) is -2.08. The molecule has 3 heterocycles. The third-order valence-corrected chi connectivity index (χ3v) is 7.39. The van der Waals surface area contributed by atoms with E-state index in [1.807, 2.05) is 0 Å². The first-order chi connectivity index (χ1) is 19.9. The highest BCUT2D eigenvalue weighted by molar-refractivity contribution is 7.89. The summed E-state index contributed by atoms with van der Waals surface area (Å²) in [6.45, 7) is -0.531. The van der Waals surface area contributed by atoms with Crippen LogP contribution < -0.4 is 20.7 Å². The summed E-state index contributed by atoms with van der Waals surface area (Å²) in [5, 5.41) is 2.29. The Balaban J connectivity index is 1.88. The van der Waals surface area contributed by atoms with Gasteiger partial charge in [0.2, 0.25) is 10.0 Å². The van der Waals surface area contributed by atoms with Crippen molar-refractivity contribution >= 4 is 49.1 Å². The summed E-state index contributed by atoms with van der Waals surface area (Å²) in [7, 11) is -4.31. The van der Waals surface area contributed by atoms with Crippen LogP contribution in [0.15, 0.2) is 62.8 Å². The number of rotatable bonds is 6. The van der Waals surface area contributed by atoms with Crippen molar-refractivity contribution in [2.24, 2.45) is 0 Å². The molecule has 0 spiro atoms. The lowest BCUT2D eigenvalue weighted by atomic mass is 10.1. The Kier molecular flexibility index (Phi) is 7.16. The summed E-state index contributed by atoms with van der Waals surface area (Å²) >= 11 is 1.03. The number of carbonyl (C=O) groups excluding carboxylic acids is 1. The molecule has 5 rings (SSSR count). The number of nitrogens with one attached hydrogen (secondary N) is 2. The molecular weight excluding hydrogens is 630 g/mol. The van der Waals surface area contributed by atoms with Crippen LogP contribution >= 0.6 is 11.3 Å². The minimum atomic E-state index is -5.05. The van der Waals surface area contributed by atoms with Crippen LogP contribution in [-0.4, -0.2) is 41.1 Å². The van der Waals surface area contributed by atoms with Crippen LogP contribution in [0.2, 0.25) is 0 Å². The molecule has 3 aromatic heterocycles. The number of benzene rings is 2. The number of hydrogen-bond acceptors (Lipinski definition) is 7. The molecule has 0 unspecified atom stereocenters. The number of carbonyl (C=O) groups is 1. The number of aromatic amines is 1. The normalized spacial score (nSPS) is 12.6. The Labute approximate surface area is 239 Å². The molecule has 10 nitrogen and oxygen atoms in total. The Morgan fingerprint density at radius 2 is 1.74 bits per heavy atom. The highest BCUT2D eigenvalue weighted by Crippen LogP contribution is 2.36. The van der Waals surface area contributed by atoms with Crippen LogP contribution in [-0.2, 0) is 22.7 Å². The predicted octanol–water partition coefficient (Wildman–Crippen LogP) is 4.35. The molecule has 2 N–H and O–H groups in total. The van der Waals surface area contributed by atoms with E-state index in [1.165, 1.54) is 22.9 Å². The number of aromatic nitrogens is 3. The monoisotopic (exact) mass is 646 g/mol. The Morgan fingerprint density at radius 1 is 1.02 bits per heavy atom. The molecule has 43 heavy (non-hydrogen) atoms. The van der Waals surface area contributed by atoms with Gasteiger partial charge in [-0.2, -0.15) is 13.2 Å². The number of thiophene rings is 1. The van der Waals surface area contributed by atoms with Gasteiger partial charge in [-0.15, -0.1) is 24.5 Å². The van der Waals surface area contributed by atoms with E-state index in [0.717, 1.165) is 34.1 Å². The van der Waals surface area contributed by atoms with Crippen LogP contribution in [0, 0.1) is 0 Å². The van der Waals surface area contributed by atoms with Gasteiger partial charge in [-0.25, -0.2) is 22.5 Å². The maximum absolute atomic E-state index is 13.8. The zero-order valence-electron chi connectivity index (χ0n) is 21.3. The Bertz CT molecular complexity index is 2140. The van der Waals surface area contributed by atoms with Crippen molar-refractivity contribution in [3.8, 4) is 11.4 Å². The molecular formula is C25H16F6N4O6S2. The highest BCUT2D eigenvalue weighted by atomic mass is 32.2. The fourth-order valence-corrected chi connectivity index (χ4v) is 5.71. The molecule has 0 aliphatic heterocycles. The summed E-state index contributed by atoms with van der Waals surface area (Å²) in [4.78, 5) is 42.6. The largest absolute Gasteiger partial charge is 0.573 e. The summed E-state index contributed by atoms with van der Waals surface area (Å²) < 4.78 is 111. The maximum Gasteiger partial charge on any atom is 0.573 e. The number of fused-ring (bicyclic) bond motifs is 2. The predicted molar refractivity (Wildman–Crippen MR) is 143 cm³/mol. The van der Waals surface area contributed by atoms with E-state index in [0.29, 0.717) is 23.0 Å². The number of nitrogens with zero attached hydrogens (tertiary/aromatic N) is 2. The van der Waals surface area contributed by atoms with Crippen molar-refractivity contribution in [1.82, 2.24) is 18.8 Å². The van der Waals surface area contributed by atoms with Gasteiger partial charge >= 0.3 is 18.2 Å². The van der Waals surface area contributed by atoms with Crippen LogP contribution in [0.1, 0.15) is 21.6 Å². The molecule has 0 fully saturated rings. The van der Waals surface area contributed by atoms with Gasteiger partial charge in [0.15, 0.2) is 0 Å².